The number of aliphatic imine (C=N–C) groups is 1. The van der Waals surface area contributed by atoms with Crippen molar-refractivity contribution in [2.75, 3.05) is 16.8 Å². The molecule has 3 aromatic rings. The molecule has 3 amide bonds. The molecule has 1 aliphatic carbocycles. The number of benzene rings is 2. The monoisotopic (exact) mass is 509 g/mol. The van der Waals surface area contributed by atoms with Gasteiger partial charge in [-0.1, -0.05) is 43.2 Å². The van der Waals surface area contributed by atoms with Gasteiger partial charge in [-0.2, -0.15) is 0 Å². The number of hydrogen-bond acceptors (Lipinski definition) is 5. The van der Waals surface area contributed by atoms with Gasteiger partial charge in [0.1, 0.15) is 5.78 Å². The maximum Gasteiger partial charge on any atom is 0.321 e. The molecular weight excluding hydrogens is 478 g/mol. The Morgan fingerprint density at radius 2 is 1.76 bits per heavy atom. The third-order valence-corrected chi connectivity index (χ3v) is 7.10. The normalized spacial score (nSPS) is 17.4. The van der Waals surface area contributed by atoms with E-state index < -0.39 is 12.2 Å². The number of hydrogen-bond donors (Lipinski definition) is 2. The number of nitrogens with zero attached hydrogens (tertiary/aromatic N) is 3. The summed E-state index contributed by atoms with van der Waals surface area (Å²) >= 11 is 0. The second kappa shape index (κ2) is 11.4. The van der Waals surface area contributed by atoms with Gasteiger partial charge in [-0.25, -0.2) is 9.79 Å². The van der Waals surface area contributed by atoms with Gasteiger partial charge < -0.3 is 15.5 Å². The predicted molar refractivity (Wildman–Crippen MR) is 147 cm³/mol. The zero-order valence-electron chi connectivity index (χ0n) is 21.4. The van der Waals surface area contributed by atoms with E-state index in [1.165, 1.54) is 0 Å². The van der Waals surface area contributed by atoms with Gasteiger partial charge in [0, 0.05) is 48.1 Å². The van der Waals surface area contributed by atoms with Crippen LogP contribution in [0.4, 0.5) is 16.2 Å². The van der Waals surface area contributed by atoms with E-state index in [-0.39, 0.29) is 30.6 Å². The number of ketones is 1. The summed E-state index contributed by atoms with van der Waals surface area (Å²) in [6, 6.07) is 18.0. The largest absolute Gasteiger partial charge is 0.321 e. The van der Waals surface area contributed by atoms with Crippen molar-refractivity contribution in [1.29, 1.82) is 0 Å². The van der Waals surface area contributed by atoms with Crippen molar-refractivity contribution >= 4 is 34.8 Å². The third kappa shape index (κ3) is 5.64. The quantitative estimate of drug-likeness (QED) is 0.474. The standard InChI is InChI=1S/C30H31N5O3/c1-20-7-6-10-23(19-20)32-30(38)34-28-29(37)35(18-15-26(36)21-8-2-3-9-21)25-12-5-4-11-24(25)27(33-28)22-13-16-31-17-14-22/h4-7,10-14,16-17,19,21,28H,2-3,8-9,15,18H2,1H3,(H2,32,34,38). The number of aryl methyl sites for hydroxylation is 1. The van der Waals surface area contributed by atoms with E-state index in [2.05, 4.69) is 15.6 Å². The SMILES string of the molecule is Cc1cccc(NC(=O)NC2N=C(c3ccncc3)c3ccccc3N(CCC(=O)C3CCCC3)C2=O)c1. The van der Waals surface area contributed by atoms with Gasteiger partial charge in [0.05, 0.1) is 11.4 Å². The van der Waals surface area contributed by atoms with Gasteiger partial charge >= 0.3 is 6.03 Å². The number of benzodiazepines with no additional fused rings is 1. The molecule has 2 aliphatic rings. The molecule has 8 heteroatoms. The highest BCUT2D eigenvalue weighted by atomic mass is 16.2. The van der Waals surface area contributed by atoms with E-state index in [4.69, 9.17) is 4.99 Å². The maximum absolute atomic E-state index is 13.9. The number of Topliss-reactive ketones (excluding diaryl/α,β-unsaturated/α-hetero) is 1. The first-order chi connectivity index (χ1) is 18.5. The number of aromatic nitrogens is 1. The molecule has 194 valence electrons. The van der Waals surface area contributed by atoms with Crippen molar-refractivity contribution in [3.8, 4) is 0 Å². The predicted octanol–water partition coefficient (Wildman–Crippen LogP) is 4.87. The average Bonchev–Trinajstić information content (AvgIpc) is 3.44. The number of para-hydroxylation sites is 1. The fraction of sp³-hybridized carbons (Fsp3) is 0.300. The van der Waals surface area contributed by atoms with Crippen LogP contribution in [0.1, 0.15) is 48.8 Å². The van der Waals surface area contributed by atoms with Crippen molar-refractivity contribution in [2.24, 2.45) is 10.9 Å². The molecule has 0 saturated heterocycles. The molecule has 38 heavy (non-hydrogen) atoms. The zero-order valence-corrected chi connectivity index (χ0v) is 21.4. The first-order valence-corrected chi connectivity index (χ1v) is 13.1. The van der Waals surface area contributed by atoms with E-state index in [1.54, 1.807) is 23.4 Å². The lowest BCUT2D eigenvalue weighted by Gasteiger charge is -2.25. The Kier molecular flexibility index (Phi) is 7.58. The molecule has 1 unspecified atom stereocenters. The van der Waals surface area contributed by atoms with Crippen LogP contribution in [0.15, 0.2) is 78.0 Å². The Morgan fingerprint density at radius 1 is 1.00 bits per heavy atom. The lowest BCUT2D eigenvalue weighted by Crippen LogP contribution is -2.49. The number of nitrogens with one attached hydrogen (secondary N) is 2. The van der Waals surface area contributed by atoms with Crippen molar-refractivity contribution in [3.63, 3.8) is 0 Å². The molecule has 1 aromatic heterocycles. The van der Waals surface area contributed by atoms with Gasteiger partial charge in [-0.3, -0.25) is 14.6 Å². The van der Waals surface area contributed by atoms with E-state index in [1.807, 2.05) is 61.5 Å². The van der Waals surface area contributed by atoms with Crippen LogP contribution >= 0.6 is 0 Å². The van der Waals surface area contributed by atoms with E-state index in [0.29, 0.717) is 17.1 Å². The number of carbonyl (C=O) groups is 3. The molecule has 1 aliphatic heterocycles. The van der Waals surface area contributed by atoms with E-state index >= 15 is 0 Å². The summed E-state index contributed by atoms with van der Waals surface area (Å²) in [6.07, 6.45) is 6.40. The van der Waals surface area contributed by atoms with Gasteiger partial charge in [0.25, 0.3) is 5.91 Å². The zero-order chi connectivity index (χ0) is 26.5. The van der Waals surface area contributed by atoms with Crippen LogP contribution in [-0.2, 0) is 9.59 Å². The number of rotatable bonds is 7. The van der Waals surface area contributed by atoms with Crippen LogP contribution in [-0.4, -0.2) is 41.1 Å². The molecule has 0 radical (unpaired) electrons. The molecule has 2 heterocycles. The molecule has 2 N–H and O–H groups in total. The highest BCUT2D eigenvalue weighted by Crippen LogP contribution is 2.30. The summed E-state index contributed by atoms with van der Waals surface area (Å²) in [4.78, 5) is 50.3. The molecule has 1 fully saturated rings. The summed E-state index contributed by atoms with van der Waals surface area (Å²) in [7, 11) is 0. The van der Waals surface area contributed by atoms with Crippen LogP contribution in [0.3, 0.4) is 0 Å². The van der Waals surface area contributed by atoms with Crippen LogP contribution < -0.4 is 15.5 Å². The Bertz CT molecular complexity index is 1370. The van der Waals surface area contributed by atoms with Crippen molar-refractivity contribution in [1.82, 2.24) is 10.3 Å². The minimum atomic E-state index is -1.18. The summed E-state index contributed by atoms with van der Waals surface area (Å²) < 4.78 is 0. The van der Waals surface area contributed by atoms with Gasteiger partial charge in [0.2, 0.25) is 6.17 Å². The molecule has 0 bridgehead atoms. The lowest BCUT2D eigenvalue weighted by molar-refractivity contribution is -0.122. The number of pyridine rings is 1. The first-order valence-electron chi connectivity index (χ1n) is 13.1. The molecular formula is C30H31N5O3. The molecule has 0 spiro atoms. The number of amides is 3. The van der Waals surface area contributed by atoms with Crippen molar-refractivity contribution in [3.05, 3.63) is 89.7 Å². The third-order valence-electron chi connectivity index (χ3n) is 7.10. The first kappa shape index (κ1) is 25.3. The van der Waals surface area contributed by atoms with E-state index in [9.17, 15) is 14.4 Å². The number of carbonyl (C=O) groups excluding carboxylic acids is 3. The Morgan fingerprint density at radius 3 is 2.53 bits per heavy atom. The topological polar surface area (TPSA) is 104 Å². The molecule has 8 nitrogen and oxygen atoms in total. The summed E-state index contributed by atoms with van der Waals surface area (Å²) in [5, 5.41) is 5.55. The average molecular weight is 510 g/mol. The summed E-state index contributed by atoms with van der Waals surface area (Å²) in [6.45, 7) is 2.16. The van der Waals surface area contributed by atoms with Crippen LogP contribution in [0, 0.1) is 12.8 Å². The van der Waals surface area contributed by atoms with Gasteiger partial charge in [-0.05, 0) is 55.7 Å². The van der Waals surface area contributed by atoms with Crippen molar-refractivity contribution in [2.45, 2.75) is 45.2 Å². The highest BCUT2D eigenvalue weighted by Gasteiger charge is 2.34. The molecule has 1 saturated carbocycles. The lowest BCUT2D eigenvalue weighted by atomic mass is 9.99. The Balaban J connectivity index is 1.47. The highest BCUT2D eigenvalue weighted by molar-refractivity contribution is 6.20. The minimum Gasteiger partial charge on any atom is -0.308 e. The number of anilines is 2. The molecule has 1 atom stereocenters. The van der Waals surface area contributed by atoms with E-state index in [0.717, 1.165) is 42.4 Å². The number of urea groups is 1. The number of fused-ring (bicyclic) bond motifs is 1. The fourth-order valence-corrected chi connectivity index (χ4v) is 5.18. The van der Waals surface area contributed by atoms with Gasteiger partial charge in [-0.15, -0.1) is 0 Å². The fourth-order valence-electron chi connectivity index (χ4n) is 5.18. The van der Waals surface area contributed by atoms with Crippen LogP contribution in [0.25, 0.3) is 0 Å². The van der Waals surface area contributed by atoms with Gasteiger partial charge in [0.15, 0.2) is 0 Å². The molecule has 2 aromatic carbocycles. The molecule has 5 rings (SSSR count). The Hall–Kier alpha value is -4.33. The van der Waals surface area contributed by atoms with Crippen molar-refractivity contribution < 1.29 is 14.4 Å². The van der Waals surface area contributed by atoms with Crippen LogP contribution in [0.5, 0.6) is 0 Å². The Labute approximate surface area is 222 Å². The summed E-state index contributed by atoms with van der Waals surface area (Å²) in [5.41, 5.74) is 4.38. The smallest absolute Gasteiger partial charge is 0.308 e. The van der Waals surface area contributed by atoms with Crippen LogP contribution in [0.2, 0.25) is 0 Å². The maximum atomic E-state index is 13.9. The second-order valence-electron chi connectivity index (χ2n) is 9.79. The minimum absolute atomic E-state index is 0.0741. The second-order valence-corrected chi connectivity index (χ2v) is 9.79. The summed E-state index contributed by atoms with van der Waals surface area (Å²) in [5.74, 6) is -0.126.